The molecule has 9 nitrogen and oxygen atoms in total. The maximum atomic E-state index is 12.9. The SMILES string of the molecule is CO[C@H]1CN(C(C)=O)CCCN(CC(=O)N2CCCCCC2)CCCCOC[C@H](O)[C@@H]1O. The molecule has 0 aromatic heterocycles. The molecule has 2 rings (SSSR count). The summed E-state index contributed by atoms with van der Waals surface area (Å²) in [5, 5.41) is 20.7. The topological polar surface area (TPSA) is 103 Å². The lowest BCUT2D eigenvalue weighted by Crippen LogP contribution is -2.48. The van der Waals surface area contributed by atoms with Gasteiger partial charge in [0.25, 0.3) is 0 Å². The third kappa shape index (κ3) is 9.31. The molecule has 9 heteroatoms. The van der Waals surface area contributed by atoms with Gasteiger partial charge in [-0.25, -0.2) is 0 Å². The van der Waals surface area contributed by atoms with Gasteiger partial charge in [-0.15, -0.1) is 0 Å². The van der Waals surface area contributed by atoms with Crippen molar-refractivity contribution in [3.8, 4) is 0 Å². The van der Waals surface area contributed by atoms with E-state index in [1.807, 2.05) is 4.90 Å². The van der Waals surface area contributed by atoms with Crippen molar-refractivity contribution in [3.63, 3.8) is 0 Å². The molecule has 3 atom stereocenters. The smallest absolute Gasteiger partial charge is 0.236 e. The van der Waals surface area contributed by atoms with Crippen LogP contribution in [-0.2, 0) is 19.1 Å². The van der Waals surface area contributed by atoms with Crippen LogP contribution in [0, 0.1) is 0 Å². The van der Waals surface area contributed by atoms with Crippen molar-refractivity contribution in [1.82, 2.24) is 14.7 Å². The lowest BCUT2D eigenvalue weighted by molar-refractivity contribution is -0.136. The van der Waals surface area contributed by atoms with Crippen LogP contribution in [0.5, 0.6) is 0 Å². The van der Waals surface area contributed by atoms with Crippen LogP contribution < -0.4 is 0 Å². The van der Waals surface area contributed by atoms with Gasteiger partial charge in [0.2, 0.25) is 11.8 Å². The zero-order valence-corrected chi connectivity index (χ0v) is 19.9. The first kappa shape index (κ1) is 27.0. The van der Waals surface area contributed by atoms with Gasteiger partial charge in [0.1, 0.15) is 18.3 Å². The fourth-order valence-corrected chi connectivity index (χ4v) is 4.37. The zero-order chi connectivity index (χ0) is 23.3. The molecule has 2 amide bonds. The number of aliphatic hydroxyl groups excluding tert-OH is 2. The van der Waals surface area contributed by atoms with Crippen LogP contribution in [0.4, 0.5) is 0 Å². The molecule has 0 aromatic rings. The zero-order valence-electron chi connectivity index (χ0n) is 19.9. The average molecular weight is 458 g/mol. The number of hydrogen-bond donors (Lipinski definition) is 2. The summed E-state index contributed by atoms with van der Waals surface area (Å²) in [6.07, 6.45) is 4.02. The van der Waals surface area contributed by atoms with Gasteiger partial charge in [0.05, 0.1) is 13.2 Å². The molecule has 186 valence electrons. The Labute approximate surface area is 192 Å². The minimum absolute atomic E-state index is 0.0122. The van der Waals surface area contributed by atoms with Gasteiger partial charge in [0, 0.05) is 53.4 Å². The Morgan fingerprint density at radius 1 is 0.906 bits per heavy atom. The molecule has 2 aliphatic heterocycles. The van der Waals surface area contributed by atoms with Crippen LogP contribution >= 0.6 is 0 Å². The Hall–Kier alpha value is -1.26. The number of nitrogens with zero attached hydrogens (tertiary/aromatic N) is 3. The summed E-state index contributed by atoms with van der Waals surface area (Å²) in [6, 6.07) is 0. The first-order valence-electron chi connectivity index (χ1n) is 12.1. The monoisotopic (exact) mass is 457 g/mol. The molecule has 2 heterocycles. The van der Waals surface area contributed by atoms with E-state index < -0.39 is 18.3 Å². The van der Waals surface area contributed by atoms with Gasteiger partial charge in [0.15, 0.2) is 0 Å². The lowest BCUT2D eigenvalue weighted by Gasteiger charge is -2.31. The third-order valence-electron chi connectivity index (χ3n) is 6.45. The summed E-state index contributed by atoms with van der Waals surface area (Å²) in [6.45, 7) is 6.28. The van der Waals surface area contributed by atoms with E-state index in [2.05, 4.69) is 4.90 Å². The normalized spacial score (nSPS) is 28.4. The number of aliphatic hydroxyl groups is 2. The summed E-state index contributed by atoms with van der Waals surface area (Å²) in [7, 11) is 1.46. The minimum atomic E-state index is -1.14. The van der Waals surface area contributed by atoms with Crippen molar-refractivity contribution < 1.29 is 29.3 Å². The molecular weight excluding hydrogens is 414 g/mol. The van der Waals surface area contributed by atoms with Crippen LogP contribution in [0.25, 0.3) is 0 Å². The van der Waals surface area contributed by atoms with Crippen LogP contribution in [0.2, 0.25) is 0 Å². The number of likely N-dealkylation sites (tertiary alicyclic amines) is 1. The highest BCUT2D eigenvalue weighted by Gasteiger charge is 2.29. The number of amides is 2. The fourth-order valence-electron chi connectivity index (χ4n) is 4.37. The van der Waals surface area contributed by atoms with Crippen LogP contribution in [-0.4, -0.2) is 121 Å². The number of hydrogen-bond acceptors (Lipinski definition) is 7. The van der Waals surface area contributed by atoms with E-state index in [1.165, 1.54) is 26.9 Å². The average Bonchev–Trinajstić information content (AvgIpc) is 3.06. The molecule has 0 spiro atoms. The van der Waals surface area contributed by atoms with Crippen LogP contribution in [0.1, 0.15) is 51.9 Å². The van der Waals surface area contributed by atoms with Crippen molar-refractivity contribution in [2.24, 2.45) is 0 Å². The molecule has 2 N–H and O–H groups in total. The molecule has 2 saturated heterocycles. The molecule has 2 aliphatic rings. The Balaban J connectivity index is 2.00. The quantitative estimate of drug-likeness (QED) is 0.635. The Morgan fingerprint density at radius 2 is 1.53 bits per heavy atom. The predicted molar refractivity (Wildman–Crippen MR) is 121 cm³/mol. The van der Waals surface area contributed by atoms with Crippen LogP contribution in [0.15, 0.2) is 0 Å². The predicted octanol–water partition coefficient (Wildman–Crippen LogP) is 0.477. The molecule has 0 bridgehead atoms. The number of methoxy groups -OCH3 is 1. The second-order valence-corrected chi connectivity index (χ2v) is 9.00. The van der Waals surface area contributed by atoms with E-state index in [0.29, 0.717) is 26.2 Å². The molecule has 0 radical (unpaired) electrons. The molecule has 0 aromatic carbocycles. The highest BCUT2D eigenvalue weighted by molar-refractivity contribution is 5.78. The molecule has 0 saturated carbocycles. The molecule has 32 heavy (non-hydrogen) atoms. The molecule has 0 aliphatic carbocycles. The fraction of sp³-hybridized carbons (Fsp3) is 0.913. The van der Waals surface area contributed by atoms with Crippen molar-refractivity contribution in [2.75, 3.05) is 66.1 Å². The van der Waals surface area contributed by atoms with Crippen molar-refractivity contribution in [3.05, 3.63) is 0 Å². The van der Waals surface area contributed by atoms with Crippen LogP contribution in [0.3, 0.4) is 0 Å². The second-order valence-electron chi connectivity index (χ2n) is 9.00. The number of carbonyl (C=O) groups excluding carboxylic acids is 2. The van der Waals surface area contributed by atoms with E-state index >= 15 is 0 Å². The summed E-state index contributed by atoms with van der Waals surface area (Å²) in [5.41, 5.74) is 0. The summed E-state index contributed by atoms with van der Waals surface area (Å²) in [5.74, 6) is 0.0803. The first-order valence-corrected chi connectivity index (χ1v) is 12.1. The largest absolute Gasteiger partial charge is 0.388 e. The third-order valence-corrected chi connectivity index (χ3v) is 6.45. The summed E-state index contributed by atoms with van der Waals surface area (Å²) < 4.78 is 10.9. The Bertz CT molecular complexity index is 556. The number of rotatable bonds is 3. The summed E-state index contributed by atoms with van der Waals surface area (Å²) in [4.78, 5) is 30.9. The second kappa shape index (κ2) is 14.8. The van der Waals surface area contributed by atoms with Gasteiger partial charge in [-0.2, -0.15) is 0 Å². The van der Waals surface area contributed by atoms with Gasteiger partial charge >= 0.3 is 0 Å². The standard InChI is InChI=1S/C23H43N3O6/c1-19(27)26-14-9-11-24(17-22(29)25-12-5-3-4-6-13-25)10-7-8-15-32-18-20(28)23(30)21(16-26)31-2/h20-21,23,28,30H,3-18H2,1-2H3/t20-,21-,23-/m0/s1. The molecule has 2 fully saturated rings. The summed E-state index contributed by atoms with van der Waals surface area (Å²) >= 11 is 0. The highest BCUT2D eigenvalue weighted by atomic mass is 16.5. The van der Waals surface area contributed by atoms with Gasteiger partial charge in [-0.05, 0) is 38.6 Å². The van der Waals surface area contributed by atoms with E-state index in [1.54, 1.807) is 4.90 Å². The van der Waals surface area contributed by atoms with Crippen molar-refractivity contribution >= 4 is 11.8 Å². The lowest BCUT2D eigenvalue weighted by atomic mass is 10.1. The molecule has 0 unspecified atom stereocenters. The van der Waals surface area contributed by atoms with Gasteiger partial charge in [-0.1, -0.05) is 12.8 Å². The van der Waals surface area contributed by atoms with Crippen molar-refractivity contribution in [1.29, 1.82) is 0 Å². The van der Waals surface area contributed by atoms with E-state index in [0.717, 1.165) is 51.7 Å². The first-order chi connectivity index (χ1) is 15.4. The van der Waals surface area contributed by atoms with E-state index in [4.69, 9.17) is 9.47 Å². The van der Waals surface area contributed by atoms with Crippen molar-refractivity contribution in [2.45, 2.75) is 70.2 Å². The Morgan fingerprint density at radius 3 is 2.19 bits per heavy atom. The minimum Gasteiger partial charge on any atom is -0.388 e. The van der Waals surface area contributed by atoms with E-state index in [9.17, 15) is 19.8 Å². The van der Waals surface area contributed by atoms with Gasteiger partial charge < -0.3 is 29.5 Å². The number of ether oxygens (including phenoxy) is 2. The van der Waals surface area contributed by atoms with Gasteiger partial charge in [-0.3, -0.25) is 14.5 Å². The molecular formula is C23H43N3O6. The Kier molecular flexibility index (Phi) is 12.5. The maximum absolute atomic E-state index is 12.9. The highest BCUT2D eigenvalue weighted by Crippen LogP contribution is 2.12. The number of carbonyl (C=O) groups is 2. The van der Waals surface area contributed by atoms with E-state index in [-0.39, 0.29) is 25.0 Å². The maximum Gasteiger partial charge on any atom is 0.236 e.